The lowest BCUT2D eigenvalue weighted by atomic mass is 10.5. The van der Waals surface area contributed by atoms with Crippen molar-refractivity contribution >= 4 is 35.9 Å². The topological polar surface area (TPSA) is 77.8 Å². The summed E-state index contributed by atoms with van der Waals surface area (Å²) in [4.78, 5) is 27.8. The minimum atomic E-state index is -3.70. The molecule has 1 aliphatic rings. The molecule has 0 radical (unpaired) electrons. The van der Waals surface area contributed by atoms with Gasteiger partial charge in [-0.15, -0.1) is 11.6 Å². The van der Waals surface area contributed by atoms with Crippen LogP contribution in [-0.4, -0.2) is 26.2 Å². The summed E-state index contributed by atoms with van der Waals surface area (Å²) in [6.45, 7) is 0. The van der Waals surface area contributed by atoms with E-state index in [2.05, 4.69) is 0 Å². The Morgan fingerprint density at radius 3 is 2.09 bits per heavy atom. The van der Waals surface area contributed by atoms with Crippen molar-refractivity contribution in [2.75, 3.05) is 0 Å². The van der Waals surface area contributed by atoms with Crippen molar-refractivity contribution in [1.82, 2.24) is 0 Å². The summed E-state index contributed by atoms with van der Waals surface area (Å²) in [5.41, 5.74) is -0.194. The first-order valence-electron chi connectivity index (χ1n) is 2.52. The number of carboxylic acids is 1. The molecule has 62 valence electrons. The second-order valence-electron chi connectivity index (χ2n) is 1.99. The number of carbonyl (C=O) groups is 1. The van der Waals surface area contributed by atoms with Gasteiger partial charge in [0.2, 0.25) is 0 Å². The highest BCUT2D eigenvalue weighted by atomic mass is 35.7. The zero-order chi connectivity index (χ0) is 8.81. The summed E-state index contributed by atoms with van der Waals surface area (Å²) < 4.78 is 0. The second kappa shape index (κ2) is 2.57. The Balaban J connectivity index is 2.85. The number of alkyl halides is 1. The molecule has 0 spiro atoms. The van der Waals surface area contributed by atoms with E-state index in [-0.39, 0.29) is 10.9 Å². The van der Waals surface area contributed by atoms with Crippen molar-refractivity contribution in [2.24, 2.45) is 0 Å². The lowest BCUT2D eigenvalue weighted by Crippen LogP contribution is -1.92. The van der Waals surface area contributed by atoms with Crippen molar-refractivity contribution in [2.45, 2.75) is 5.38 Å². The molecular weight excluding hydrogens is 214 g/mol. The van der Waals surface area contributed by atoms with Gasteiger partial charge >= 0.3 is 13.0 Å². The van der Waals surface area contributed by atoms with Crippen molar-refractivity contribution in [1.29, 1.82) is 0 Å². The van der Waals surface area contributed by atoms with Crippen LogP contribution >= 0.6 is 29.9 Å². The summed E-state index contributed by atoms with van der Waals surface area (Å²) in [7, 11) is -3.70. The van der Waals surface area contributed by atoms with Crippen LogP contribution in [0, 0.1) is 0 Å². The zero-order valence-electron chi connectivity index (χ0n) is 5.03. The first kappa shape index (κ1) is 9.23. The number of hydrogen-bond donors (Lipinski definition) is 3. The minimum absolute atomic E-state index is 0.145. The molecular formula is C4H4Cl2O4P+. The second-order valence-corrected chi connectivity index (χ2v) is 5.37. The van der Waals surface area contributed by atoms with E-state index in [1.54, 1.807) is 0 Å². The molecule has 0 saturated carbocycles. The molecule has 0 amide bonds. The fourth-order valence-corrected chi connectivity index (χ4v) is 3.05. The average Bonchev–Trinajstić information content (AvgIpc) is 2.38. The van der Waals surface area contributed by atoms with Gasteiger partial charge in [-0.3, -0.25) is 0 Å². The number of halogens is 2. The normalized spacial score (nSPS) is 23.8. The molecule has 1 aliphatic carbocycles. The van der Waals surface area contributed by atoms with Gasteiger partial charge in [0.05, 0.1) is 0 Å². The van der Waals surface area contributed by atoms with Gasteiger partial charge in [-0.05, 0) is 0 Å². The third kappa shape index (κ3) is 1.66. The summed E-state index contributed by atoms with van der Waals surface area (Å²) >= 11 is 10.4. The van der Waals surface area contributed by atoms with E-state index in [0.29, 0.717) is 0 Å². The third-order valence-corrected chi connectivity index (χ3v) is 3.47. The monoisotopic (exact) mass is 217 g/mol. The van der Waals surface area contributed by atoms with Crippen LogP contribution in [0.2, 0.25) is 0 Å². The standard InChI is InChI=1S/C4H3Cl2O4P/c5-2-1(4(7)8)3(2)11(6,9)10/h2,9-10H/p+1. The van der Waals surface area contributed by atoms with Crippen LogP contribution in [-0.2, 0) is 4.79 Å². The van der Waals surface area contributed by atoms with Crippen molar-refractivity contribution in [3.63, 3.8) is 0 Å². The van der Waals surface area contributed by atoms with Crippen LogP contribution in [0.4, 0.5) is 0 Å². The number of aliphatic carboxylic acids is 1. The maximum Gasteiger partial charge on any atom is 0.398 e. The molecule has 0 aromatic rings. The molecule has 11 heavy (non-hydrogen) atoms. The van der Waals surface area contributed by atoms with Crippen molar-refractivity contribution in [3.05, 3.63) is 10.9 Å². The Labute approximate surface area is 72.3 Å². The fraction of sp³-hybridized carbons (Fsp3) is 0.250. The Kier molecular flexibility index (Phi) is 2.16. The highest BCUT2D eigenvalue weighted by Gasteiger charge is 2.59. The molecule has 0 aliphatic heterocycles. The number of hydrogen-bond acceptors (Lipinski definition) is 3. The lowest BCUT2D eigenvalue weighted by molar-refractivity contribution is -0.132. The van der Waals surface area contributed by atoms with E-state index in [9.17, 15) is 4.79 Å². The molecule has 0 fully saturated rings. The lowest BCUT2D eigenvalue weighted by Gasteiger charge is -1.93. The van der Waals surface area contributed by atoms with Gasteiger partial charge in [0.15, 0.2) is 16.6 Å². The Hall–Kier alpha value is 0.140. The summed E-state index contributed by atoms with van der Waals surface area (Å²) in [6, 6.07) is 0. The van der Waals surface area contributed by atoms with Crippen LogP contribution in [0.15, 0.2) is 10.9 Å². The van der Waals surface area contributed by atoms with Crippen molar-refractivity contribution < 1.29 is 19.7 Å². The van der Waals surface area contributed by atoms with Gasteiger partial charge in [-0.2, -0.15) is 9.79 Å². The van der Waals surface area contributed by atoms with Crippen LogP contribution in [0.25, 0.3) is 0 Å². The van der Waals surface area contributed by atoms with E-state index in [1.165, 1.54) is 0 Å². The van der Waals surface area contributed by atoms with E-state index < -0.39 is 18.4 Å². The first-order valence-corrected chi connectivity index (χ1v) is 5.55. The van der Waals surface area contributed by atoms with Crippen LogP contribution < -0.4 is 0 Å². The van der Waals surface area contributed by atoms with Gasteiger partial charge in [-0.1, -0.05) is 0 Å². The van der Waals surface area contributed by atoms with Crippen LogP contribution in [0.1, 0.15) is 0 Å². The predicted octanol–water partition coefficient (Wildman–Crippen LogP) is 0.932. The SMILES string of the molecule is O=C(O)C1=C([P+](O)(O)Cl)C1Cl. The van der Waals surface area contributed by atoms with Gasteiger partial charge in [-0.25, -0.2) is 4.79 Å². The Morgan fingerprint density at radius 2 is 2.00 bits per heavy atom. The van der Waals surface area contributed by atoms with E-state index in [4.69, 9.17) is 37.7 Å². The molecule has 1 unspecified atom stereocenters. The fourth-order valence-electron chi connectivity index (χ4n) is 0.699. The minimum Gasteiger partial charge on any atom is -0.478 e. The smallest absolute Gasteiger partial charge is 0.398 e. The maximum absolute atomic E-state index is 10.2. The molecule has 0 bridgehead atoms. The van der Waals surface area contributed by atoms with E-state index in [1.807, 2.05) is 0 Å². The highest BCUT2D eigenvalue weighted by molar-refractivity contribution is 7.93. The molecule has 3 N–H and O–H groups in total. The number of carboxylic acid groups (broad SMARTS) is 1. The molecule has 7 heteroatoms. The van der Waals surface area contributed by atoms with Gasteiger partial charge in [0, 0.05) is 0 Å². The van der Waals surface area contributed by atoms with Gasteiger partial charge in [0.25, 0.3) is 0 Å². The average molecular weight is 218 g/mol. The quantitative estimate of drug-likeness (QED) is 0.475. The summed E-state index contributed by atoms with van der Waals surface area (Å²) in [5, 5.41) is 7.30. The third-order valence-electron chi connectivity index (χ3n) is 1.22. The van der Waals surface area contributed by atoms with E-state index >= 15 is 0 Å². The molecule has 0 saturated heterocycles. The molecule has 0 heterocycles. The first-order chi connectivity index (χ1) is 4.85. The summed E-state index contributed by atoms with van der Waals surface area (Å²) in [5.74, 6) is -1.26. The zero-order valence-corrected chi connectivity index (χ0v) is 7.44. The maximum atomic E-state index is 10.2. The van der Waals surface area contributed by atoms with Gasteiger partial charge in [0.1, 0.15) is 11.0 Å². The predicted molar refractivity (Wildman–Crippen MR) is 41.5 cm³/mol. The molecule has 4 nitrogen and oxygen atoms in total. The molecule has 0 aromatic carbocycles. The highest BCUT2D eigenvalue weighted by Crippen LogP contribution is 2.72. The largest absolute Gasteiger partial charge is 0.478 e. The van der Waals surface area contributed by atoms with E-state index in [0.717, 1.165) is 0 Å². The number of rotatable bonds is 2. The Morgan fingerprint density at radius 1 is 1.55 bits per heavy atom. The number of allylic oxidation sites excluding steroid dienone is 1. The summed E-state index contributed by atoms with van der Waals surface area (Å²) in [6.07, 6.45) is 0. The van der Waals surface area contributed by atoms with Crippen LogP contribution in [0.3, 0.4) is 0 Å². The molecule has 0 aromatic heterocycles. The Bertz CT molecular complexity index is 243. The van der Waals surface area contributed by atoms with Crippen molar-refractivity contribution in [3.8, 4) is 0 Å². The van der Waals surface area contributed by atoms with Crippen LogP contribution in [0.5, 0.6) is 0 Å². The van der Waals surface area contributed by atoms with Gasteiger partial charge < -0.3 is 5.11 Å². The molecule has 1 atom stereocenters. The molecule has 1 rings (SSSR count).